The van der Waals surface area contributed by atoms with Crippen molar-refractivity contribution in [1.29, 1.82) is 0 Å². The predicted molar refractivity (Wildman–Crippen MR) is 70.9 cm³/mol. The number of hydrogen-bond acceptors (Lipinski definition) is 4. The standard InChI is InChI=1S/C12H19N3O2.ClH/c1-8-10(17-9(2)14-8)11(16)15-12(7-13)5-3-4-6-12;/h3-7,13H2,1-2H3,(H,15,16);1H. The van der Waals surface area contributed by atoms with Crippen LogP contribution in [-0.2, 0) is 0 Å². The van der Waals surface area contributed by atoms with Gasteiger partial charge in [0, 0.05) is 13.5 Å². The van der Waals surface area contributed by atoms with Crippen LogP contribution >= 0.6 is 12.4 Å². The van der Waals surface area contributed by atoms with Crippen molar-refractivity contribution in [2.45, 2.75) is 45.1 Å². The maximum atomic E-state index is 12.1. The highest BCUT2D eigenvalue weighted by Gasteiger charge is 2.35. The van der Waals surface area contributed by atoms with E-state index in [4.69, 9.17) is 10.2 Å². The summed E-state index contributed by atoms with van der Waals surface area (Å²) in [6.45, 7) is 3.98. The minimum Gasteiger partial charge on any atom is -0.436 e. The van der Waals surface area contributed by atoms with E-state index in [9.17, 15) is 4.79 Å². The lowest BCUT2D eigenvalue weighted by Crippen LogP contribution is -2.51. The molecule has 0 spiro atoms. The molecule has 0 atom stereocenters. The summed E-state index contributed by atoms with van der Waals surface area (Å²) in [5.74, 6) is 0.624. The first-order chi connectivity index (χ1) is 8.06. The van der Waals surface area contributed by atoms with Crippen molar-refractivity contribution in [1.82, 2.24) is 10.3 Å². The molecule has 0 radical (unpaired) electrons. The molecule has 5 nitrogen and oxygen atoms in total. The number of hydrogen-bond donors (Lipinski definition) is 2. The van der Waals surface area contributed by atoms with Gasteiger partial charge >= 0.3 is 0 Å². The Morgan fingerprint density at radius 2 is 2.06 bits per heavy atom. The minimum atomic E-state index is -0.246. The Balaban J connectivity index is 0.00000162. The van der Waals surface area contributed by atoms with Crippen LogP contribution in [-0.4, -0.2) is 23.0 Å². The second kappa shape index (κ2) is 5.71. The van der Waals surface area contributed by atoms with Crippen molar-refractivity contribution >= 4 is 18.3 Å². The van der Waals surface area contributed by atoms with Crippen LogP contribution < -0.4 is 11.1 Å². The van der Waals surface area contributed by atoms with Gasteiger partial charge in [-0.1, -0.05) is 12.8 Å². The van der Waals surface area contributed by atoms with E-state index in [1.54, 1.807) is 13.8 Å². The topological polar surface area (TPSA) is 81.2 Å². The maximum absolute atomic E-state index is 12.1. The van der Waals surface area contributed by atoms with Crippen molar-refractivity contribution in [2.24, 2.45) is 5.73 Å². The first kappa shape index (κ1) is 15.0. The van der Waals surface area contributed by atoms with Crippen LogP contribution in [0.3, 0.4) is 0 Å². The van der Waals surface area contributed by atoms with E-state index in [1.165, 1.54) is 0 Å². The summed E-state index contributed by atoms with van der Waals surface area (Å²) < 4.78 is 5.31. The van der Waals surface area contributed by atoms with Gasteiger partial charge in [0.15, 0.2) is 5.89 Å². The molecule has 0 aliphatic heterocycles. The fraction of sp³-hybridized carbons (Fsp3) is 0.667. The van der Waals surface area contributed by atoms with E-state index in [-0.39, 0.29) is 23.9 Å². The van der Waals surface area contributed by atoms with E-state index in [2.05, 4.69) is 10.3 Å². The summed E-state index contributed by atoms with van der Waals surface area (Å²) in [5.41, 5.74) is 6.16. The Hall–Kier alpha value is -1.07. The van der Waals surface area contributed by atoms with Gasteiger partial charge in [0.1, 0.15) is 0 Å². The van der Waals surface area contributed by atoms with Crippen molar-refractivity contribution in [3.05, 3.63) is 17.3 Å². The molecule has 0 unspecified atom stereocenters. The molecule has 3 N–H and O–H groups in total. The number of amides is 1. The van der Waals surface area contributed by atoms with Crippen molar-refractivity contribution in [2.75, 3.05) is 6.54 Å². The third-order valence-electron chi connectivity index (χ3n) is 3.44. The van der Waals surface area contributed by atoms with E-state index < -0.39 is 0 Å². The number of aryl methyl sites for hydroxylation is 2. The third kappa shape index (κ3) is 2.84. The van der Waals surface area contributed by atoms with Gasteiger partial charge in [0.25, 0.3) is 5.91 Å². The molecule has 1 aliphatic rings. The Labute approximate surface area is 113 Å². The van der Waals surface area contributed by atoms with Gasteiger partial charge in [-0.15, -0.1) is 12.4 Å². The monoisotopic (exact) mass is 273 g/mol. The van der Waals surface area contributed by atoms with E-state index in [0.29, 0.717) is 23.9 Å². The van der Waals surface area contributed by atoms with Gasteiger partial charge in [0.05, 0.1) is 11.2 Å². The average molecular weight is 274 g/mol. The summed E-state index contributed by atoms with van der Waals surface area (Å²) in [7, 11) is 0. The van der Waals surface area contributed by atoms with Crippen molar-refractivity contribution in [3.8, 4) is 0 Å². The maximum Gasteiger partial charge on any atom is 0.289 e. The van der Waals surface area contributed by atoms with Crippen LogP contribution in [0.25, 0.3) is 0 Å². The number of carbonyl (C=O) groups excluding carboxylic acids is 1. The van der Waals surface area contributed by atoms with E-state index >= 15 is 0 Å². The Bertz CT molecular complexity index is 425. The highest BCUT2D eigenvalue weighted by atomic mass is 35.5. The SMILES string of the molecule is Cc1nc(C)c(C(=O)NC2(CN)CCCC2)o1.Cl. The zero-order chi connectivity index (χ0) is 12.5. The van der Waals surface area contributed by atoms with Gasteiger partial charge in [-0.05, 0) is 19.8 Å². The number of carbonyl (C=O) groups is 1. The van der Waals surface area contributed by atoms with Crippen molar-refractivity contribution < 1.29 is 9.21 Å². The molecule has 1 aromatic rings. The van der Waals surface area contributed by atoms with Gasteiger partial charge < -0.3 is 15.5 Å². The van der Waals surface area contributed by atoms with Crippen LogP contribution in [0, 0.1) is 13.8 Å². The zero-order valence-corrected chi connectivity index (χ0v) is 11.6. The fourth-order valence-corrected chi connectivity index (χ4v) is 2.47. The number of rotatable bonds is 3. The molecule has 1 aliphatic carbocycles. The van der Waals surface area contributed by atoms with E-state index in [1.807, 2.05) is 0 Å². The molecular weight excluding hydrogens is 254 g/mol. The summed E-state index contributed by atoms with van der Waals surface area (Å²) in [4.78, 5) is 16.2. The van der Waals surface area contributed by atoms with Crippen molar-refractivity contribution in [3.63, 3.8) is 0 Å². The first-order valence-corrected chi connectivity index (χ1v) is 6.03. The number of nitrogens with one attached hydrogen (secondary N) is 1. The van der Waals surface area contributed by atoms with Gasteiger partial charge in [0.2, 0.25) is 5.76 Å². The van der Waals surface area contributed by atoms with Crippen LogP contribution in [0.4, 0.5) is 0 Å². The summed E-state index contributed by atoms with van der Waals surface area (Å²) in [6.07, 6.45) is 4.13. The molecule has 0 saturated heterocycles. The van der Waals surface area contributed by atoms with Crippen LogP contribution in [0.15, 0.2) is 4.42 Å². The molecule has 0 bridgehead atoms. The van der Waals surface area contributed by atoms with Crippen LogP contribution in [0.2, 0.25) is 0 Å². The molecule has 6 heteroatoms. The second-order valence-corrected chi connectivity index (χ2v) is 4.79. The van der Waals surface area contributed by atoms with Gasteiger partial charge in [-0.2, -0.15) is 0 Å². The third-order valence-corrected chi connectivity index (χ3v) is 3.44. The average Bonchev–Trinajstić information content (AvgIpc) is 2.86. The molecule has 2 rings (SSSR count). The number of aromatic nitrogens is 1. The molecule has 1 heterocycles. The smallest absolute Gasteiger partial charge is 0.289 e. The summed E-state index contributed by atoms with van der Waals surface area (Å²) in [6, 6.07) is 0. The van der Waals surface area contributed by atoms with Crippen LogP contribution in [0.1, 0.15) is 47.8 Å². The van der Waals surface area contributed by atoms with E-state index in [0.717, 1.165) is 25.7 Å². The molecule has 18 heavy (non-hydrogen) atoms. The lowest BCUT2D eigenvalue weighted by Gasteiger charge is -2.28. The summed E-state index contributed by atoms with van der Waals surface area (Å²) >= 11 is 0. The lowest BCUT2D eigenvalue weighted by molar-refractivity contribution is 0.0872. The quantitative estimate of drug-likeness (QED) is 0.879. The van der Waals surface area contributed by atoms with Crippen LogP contribution in [0.5, 0.6) is 0 Å². The molecule has 1 aromatic heterocycles. The number of oxazole rings is 1. The Morgan fingerprint density at radius 3 is 2.50 bits per heavy atom. The molecule has 1 amide bonds. The minimum absolute atomic E-state index is 0. The molecule has 1 saturated carbocycles. The highest BCUT2D eigenvalue weighted by molar-refractivity contribution is 5.93. The largest absolute Gasteiger partial charge is 0.436 e. The molecule has 102 valence electrons. The molecule has 0 aromatic carbocycles. The number of nitrogens with zero attached hydrogens (tertiary/aromatic N) is 1. The Kier molecular flexibility index (Phi) is 4.76. The zero-order valence-electron chi connectivity index (χ0n) is 10.8. The van der Waals surface area contributed by atoms with Gasteiger partial charge in [-0.3, -0.25) is 4.79 Å². The fourth-order valence-electron chi connectivity index (χ4n) is 2.47. The van der Waals surface area contributed by atoms with Gasteiger partial charge in [-0.25, -0.2) is 4.98 Å². The first-order valence-electron chi connectivity index (χ1n) is 6.03. The lowest BCUT2D eigenvalue weighted by atomic mass is 9.97. The number of nitrogens with two attached hydrogens (primary N) is 1. The summed E-state index contributed by atoms with van der Waals surface area (Å²) in [5, 5.41) is 3.01. The number of halogens is 1. The predicted octanol–water partition coefficient (Wildman–Crippen LogP) is 1.71. The normalized spacial score (nSPS) is 17.3. The second-order valence-electron chi connectivity index (χ2n) is 4.79. The molecule has 1 fully saturated rings. The Morgan fingerprint density at radius 1 is 1.44 bits per heavy atom. The highest BCUT2D eigenvalue weighted by Crippen LogP contribution is 2.29. The molecular formula is C12H20ClN3O2.